The van der Waals surface area contributed by atoms with E-state index < -0.39 is 0 Å². The largest absolute Gasteiger partial charge is 0.494 e. The molecule has 3 rings (SSSR count). The summed E-state index contributed by atoms with van der Waals surface area (Å²) in [5.74, 6) is 1.57. The van der Waals surface area contributed by atoms with Gasteiger partial charge in [-0.25, -0.2) is 0 Å². The summed E-state index contributed by atoms with van der Waals surface area (Å²) in [7, 11) is -0.380. The van der Waals surface area contributed by atoms with Gasteiger partial charge >= 0.3 is 7.12 Å². The fraction of sp³-hybridized carbons (Fsp3) is 0.667. The number of hydrogen-bond donors (Lipinski definition) is 0. The molecule has 0 bridgehead atoms. The summed E-state index contributed by atoms with van der Waals surface area (Å²) in [6, 6.07) is 5.95. The van der Waals surface area contributed by atoms with Gasteiger partial charge in [-0.15, -0.1) is 0 Å². The molecule has 2 aliphatic rings. The maximum atomic E-state index is 6.13. The van der Waals surface area contributed by atoms with E-state index in [0.717, 1.165) is 29.8 Å². The van der Waals surface area contributed by atoms with Crippen molar-refractivity contribution in [1.29, 1.82) is 0 Å². The van der Waals surface area contributed by atoms with Gasteiger partial charge in [-0.05, 0) is 72.0 Å². The Morgan fingerprint density at radius 1 is 1.04 bits per heavy atom. The van der Waals surface area contributed by atoms with Gasteiger partial charge < -0.3 is 18.8 Å². The molecule has 1 saturated carbocycles. The molecule has 1 aromatic carbocycles. The van der Waals surface area contributed by atoms with Gasteiger partial charge in [-0.3, -0.25) is 0 Å². The lowest BCUT2D eigenvalue weighted by molar-refractivity contribution is 0.00578. The number of benzene rings is 1. The average molecular weight is 318 g/mol. The van der Waals surface area contributed by atoms with E-state index in [2.05, 4.69) is 27.7 Å². The van der Waals surface area contributed by atoms with Crippen LogP contribution in [0.15, 0.2) is 18.2 Å². The lowest BCUT2D eigenvalue weighted by atomic mass is 9.79. The molecule has 0 atom stereocenters. The van der Waals surface area contributed by atoms with Crippen LogP contribution in [-0.4, -0.2) is 30.5 Å². The molecule has 0 N–H and O–H groups in total. The van der Waals surface area contributed by atoms with Crippen LogP contribution in [0.5, 0.6) is 11.5 Å². The van der Waals surface area contributed by atoms with Crippen molar-refractivity contribution in [2.45, 2.75) is 77.8 Å². The van der Waals surface area contributed by atoms with Crippen molar-refractivity contribution in [1.82, 2.24) is 0 Å². The van der Waals surface area contributed by atoms with Gasteiger partial charge in [0, 0.05) is 0 Å². The standard InChI is InChI=1S/C18H27BO4/c1-12(2)20-15-10-7-13(11-16(15)21-14-8-9-14)19-22-17(3,4)18(5,6)23-19/h7,10-12,14H,8-9H2,1-6H3. The SMILES string of the molecule is CC(C)Oc1ccc(B2OC(C)(C)C(C)(C)O2)cc1OC1CC1. The van der Waals surface area contributed by atoms with Gasteiger partial charge in [0.1, 0.15) is 0 Å². The predicted octanol–water partition coefficient (Wildman–Crippen LogP) is 3.31. The highest BCUT2D eigenvalue weighted by molar-refractivity contribution is 6.62. The molecule has 23 heavy (non-hydrogen) atoms. The highest BCUT2D eigenvalue weighted by atomic mass is 16.7. The fourth-order valence-electron chi connectivity index (χ4n) is 2.46. The Morgan fingerprint density at radius 3 is 2.17 bits per heavy atom. The smallest absolute Gasteiger partial charge is 0.487 e. The number of rotatable bonds is 5. The molecule has 0 spiro atoms. The van der Waals surface area contributed by atoms with Crippen molar-refractivity contribution in [2.75, 3.05) is 0 Å². The van der Waals surface area contributed by atoms with Gasteiger partial charge in [0.25, 0.3) is 0 Å². The van der Waals surface area contributed by atoms with Crippen LogP contribution in [-0.2, 0) is 9.31 Å². The predicted molar refractivity (Wildman–Crippen MR) is 91.6 cm³/mol. The first-order valence-corrected chi connectivity index (χ1v) is 8.51. The molecule has 0 unspecified atom stereocenters. The molecule has 0 aromatic heterocycles. The minimum Gasteiger partial charge on any atom is -0.487 e. The fourth-order valence-corrected chi connectivity index (χ4v) is 2.46. The van der Waals surface area contributed by atoms with Crippen LogP contribution in [0.3, 0.4) is 0 Å². The van der Waals surface area contributed by atoms with E-state index in [-0.39, 0.29) is 24.4 Å². The zero-order valence-corrected chi connectivity index (χ0v) is 15.0. The van der Waals surface area contributed by atoms with Crippen molar-refractivity contribution >= 4 is 12.6 Å². The molecule has 1 heterocycles. The first-order valence-electron chi connectivity index (χ1n) is 8.51. The molecular formula is C18H27BO4. The normalized spacial score (nSPS) is 22.5. The Labute approximate surface area is 139 Å². The van der Waals surface area contributed by atoms with Gasteiger partial charge in [-0.2, -0.15) is 0 Å². The minimum absolute atomic E-state index is 0.110. The van der Waals surface area contributed by atoms with Crippen molar-refractivity contribution in [2.24, 2.45) is 0 Å². The highest BCUT2D eigenvalue weighted by Crippen LogP contribution is 2.38. The first-order chi connectivity index (χ1) is 10.7. The lowest BCUT2D eigenvalue weighted by Gasteiger charge is -2.32. The van der Waals surface area contributed by atoms with E-state index in [1.54, 1.807) is 0 Å². The summed E-state index contributed by atoms with van der Waals surface area (Å²) in [6.07, 6.45) is 2.65. The molecule has 2 fully saturated rings. The quantitative estimate of drug-likeness (QED) is 0.781. The van der Waals surface area contributed by atoms with Crippen molar-refractivity contribution in [3.05, 3.63) is 18.2 Å². The van der Waals surface area contributed by atoms with Crippen LogP contribution in [0.4, 0.5) is 0 Å². The Hall–Kier alpha value is -1.20. The summed E-state index contributed by atoms with van der Waals surface area (Å²) in [4.78, 5) is 0. The zero-order chi connectivity index (χ0) is 16.8. The van der Waals surface area contributed by atoms with Crippen LogP contribution in [0.25, 0.3) is 0 Å². The van der Waals surface area contributed by atoms with E-state index in [9.17, 15) is 0 Å². The van der Waals surface area contributed by atoms with Crippen molar-refractivity contribution in [3.8, 4) is 11.5 Å². The van der Waals surface area contributed by atoms with Crippen LogP contribution >= 0.6 is 0 Å². The van der Waals surface area contributed by atoms with Crippen LogP contribution < -0.4 is 14.9 Å². The van der Waals surface area contributed by atoms with E-state index in [0.29, 0.717) is 6.10 Å². The van der Waals surface area contributed by atoms with E-state index in [1.807, 2.05) is 32.0 Å². The maximum absolute atomic E-state index is 6.13. The third-order valence-corrected chi connectivity index (χ3v) is 4.67. The Kier molecular flexibility index (Phi) is 4.13. The molecule has 1 aliphatic carbocycles. The minimum atomic E-state index is -0.380. The molecule has 126 valence electrons. The van der Waals surface area contributed by atoms with Gasteiger partial charge in [0.05, 0.1) is 23.4 Å². The number of hydrogen-bond acceptors (Lipinski definition) is 4. The molecule has 4 nitrogen and oxygen atoms in total. The second-order valence-corrected chi connectivity index (χ2v) is 7.78. The van der Waals surface area contributed by atoms with Crippen LogP contribution in [0.2, 0.25) is 0 Å². The van der Waals surface area contributed by atoms with Crippen LogP contribution in [0.1, 0.15) is 54.4 Å². The molecule has 0 amide bonds. The summed E-state index contributed by atoms with van der Waals surface area (Å²) in [5.41, 5.74) is 0.278. The molecule has 1 aromatic rings. The monoisotopic (exact) mass is 318 g/mol. The van der Waals surface area contributed by atoms with E-state index >= 15 is 0 Å². The summed E-state index contributed by atoms with van der Waals surface area (Å²) >= 11 is 0. The van der Waals surface area contributed by atoms with Gasteiger partial charge in [-0.1, -0.05) is 6.07 Å². The van der Waals surface area contributed by atoms with Crippen molar-refractivity contribution in [3.63, 3.8) is 0 Å². The van der Waals surface area contributed by atoms with Crippen LogP contribution in [0, 0.1) is 0 Å². The van der Waals surface area contributed by atoms with E-state index in [4.69, 9.17) is 18.8 Å². The first kappa shape index (κ1) is 16.7. The summed E-state index contributed by atoms with van der Waals surface area (Å²) < 4.78 is 24.1. The average Bonchev–Trinajstić information content (AvgIpc) is 3.19. The topological polar surface area (TPSA) is 36.9 Å². The summed E-state index contributed by atoms with van der Waals surface area (Å²) in [6.45, 7) is 12.3. The molecule has 1 aliphatic heterocycles. The van der Waals surface area contributed by atoms with Gasteiger partial charge in [0.15, 0.2) is 11.5 Å². The molecule has 5 heteroatoms. The third-order valence-electron chi connectivity index (χ3n) is 4.67. The second-order valence-electron chi connectivity index (χ2n) is 7.78. The Bertz CT molecular complexity index is 562. The Balaban J connectivity index is 1.85. The van der Waals surface area contributed by atoms with Crippen molar-refractivity contribution < 1.29 is 18.8 Å². The Morgan fingerprint density at radius 2 is 1.65 bits per heavy atom. The highest BCUT2D eigenvalue weighted by Gasteiger charge is 2.51. The maximum Gasteiger partial charge on any atom is 0.494 e. The molecule has 1 saturated heterocycles. The zero-order valence-electron chi connectivity index (χ0n) is 15.0. The lowest BCUT2D eigenvalue weighted by Crippen LogP contribution is -2.41. The molecular weight excluding hydrogens is 291 g/mol. The second kappa shape index (κ2) is 5.71. The number of ether oxygens (including phenoxy) is 2. The van der Waals surface area contributed by atoms with Gasteiger partial charge in [0.2, 0.25) is 0 Å². The van der Waals surface area contributed by atoms with E-state index in [1.165, 1.54) is 0 Å². The third kappa shape index (κ3) is 3.51. The molecule has 0 radical (unpaired) electrons. The summed E-state index contributed by atoms with van der Waals surface area (Å²) in [5, 5.41) is 0.